The van der Waals surface area contributed by atoms with E-state index < -0.39 is 65.2 Å². The number of aryl methyl sites for hydroxylation is 1. The lowest BCUT2D eigenvalue weighted by Gasteiger charge is -2.38. The summed E-state index contributed by atoms with van der Waals surface area (Å²) in [5.41, 5.74) is -0.936. The number of hydrogen-bond donors (Lipinski definition) is 2. The quantitative estimate of drug-likeness (QED) is 0.307. The molecule has 1 aliphatic heterocycles. The van der Waals surface area contributed by atoms with Crippen molar-refractivity contribution in [2.24, 2.45) is 7.05 Å². The fourth-order valence-corrected chi connectivity index (χ4v) is 4.87. The van der Waals surface area contributed by atoms with Crippen LogP contribution >= 0.6 is 0 Å². The fourth-order valence-electron chi connectivity index (χ4n) is 4.87. The largest absolute Gasteiger partial charge is 0.480 e. The number of carboxylic acid groups (broad SMARTS) is 1. The summed E-state index contributed by atoms with van der Waals surface area (Å²) in [4.78, 5) is 46.6. The molecule has 4 aromatic rings. The summed E-state index contributed by atoms with van der Waals surface area (Å²) in [6.07, 6.45) is 0.708. The van der Waals surface area contributed by atoms with Crippen LogP contribution in [0, 0.1) is 11.6 Å². The highest BCUT2D eigenvalue weighted by Gasteiger charge is 2.46. The van der Waals surface area contributed by atoms with Crippen molar-refractivity contribution in [1.29, 1.82) is 0 Å². The van der Waals surface area contributed by atoms with Crippen LogP contribution < -0.4 is 15.8 Å². The van der Waals surface area contributed by atoms with Gasteiger partial charge >= 0.3 is 12.1 Å². The molecule has 0 spiro atoms. The van der Waals surface area contributed by atoms with Gasteiger partial charge in [-0.15, -0.1) is 0 Å². The molecule has 2 N–H and O–H groups in total. The van der Waals surface area contributed by atoms with Crippen molar-refractivity contribution in [2.75, 3.05) is 24.7 Å². The third-order valence-electron chi connectivity index (χ3n) is 7.01. The Balaban J connectivity index is 1.41. The molecular weight excluding hydrogens is 583 g/mol. The molecule has 0 bridgehead atoms. The van der Waals surface area contributed by atoms with Crippen LogP contribution in [-0.4, -0.2) is 73.9 Å². The van der Waals surface area contributed by atoms with Crippen molar-refractivity contribution in [2.45, 2.75) is 24.7 Å². The van der Waals surface area contributed by atoms with Gasteiger partial charge in [0.25, 0.3) is 11.5 Å². The number of carbonyl (C=O) groups is 2. The third kappa shape index (κ3) is 5.77. The van der Waals surface area contributed by atoms with E-state index in [1.54, 1.807) is 7.05 Å². The number of carbonyl (C=O) groups excluding carboxylic acids is 1. The minimum Gasteiger partial charge on any atom is -0.480 e. The SMILES string of the molecule is Cn1ccnc(-c2ccc(CC(NC(=O)c3c(F)cc(N4CCOC[C@@H]4C(F)(F)F)cc3F)C(=O)O)n3ccnc23)c1=O. The summed E-state index contributed by atoms with van der Waals surface area (Å²) in [5.74, 6) is -5.88. The van der Waals surface area contributed by atoms with Gasteiger partial charge in [0.2, 0.25) is 0 Å². The number of ether oxygens (including phenoxy) is 1. The first kappa shape index (κ1) is 29.6. The summed E-state index contributed by atoms with van der Waals surface area (Å²) in [6.45, 7) is -1.15. The zero-order chi connectivity index (χ0) is 31.1. The zero-order valence-electron chi connectivity index (χ0n) is 22.3. The number of imidazole rings is 1. The van der Waals surface area contributed by atoms with Gasteiger partial charge in [0.05, 0.1) is 13.2 Å². The standard InChI is InChI=1S/C27H23F5N6O5/c1-36-6-4-33-22(25(36)40)16-3-2-14(38-7-5-34-23(16)38)12-19(26(41)42)35-24(39)21-17(28)10-15(11-18(21)29)37-8-9-43-13-20(37)27(30,31)32/h2-7,10-11,19-20H,8-9,12-13H2,1H3,(H,35,39)(H,41,42)/t19?,20-/m1/s1. The van der Waals surface area contributed by atoms with Crippen LogP contribution in [0.4, 0.5) is 27.6 Å². The highest BCUT2D eigenvalue weighted by molar-refractivity contribution is 5.97. The average Bonchev–Trinajstić information content (AvgIpc) is 3.44. The molecule has 1 aromatic carbocycles. The van der Waals surface area contributed by atoms with Crippen LogP contribution in [0.5, 0.6) is 0 Å². The number of halogens is 5. The van der Waals surface area contributed by atoms with Crippen LogP contribution in [-0.2, 0) is 23.0 Å². The number of fused-ring (bicyclic) bond motifs is 1. The van der Waals surface area contributed by atoms with Gasteiger partial charge in [-0.25, -0.2) is 23.5 Å². The minimum atomic E-state index is -4.75. The van der Waals surface area contributed by atoms with Crippen LogP contribution in [0.25, 0.3) is 16.9 Å². The van der Waals surface area contributed by atoms with Crippen molar-refractivity contribution in [3.8, 4) is 11.3 Å². The van der Waals surface area contributed by atoms with Gasteiger partial charge in [-0.2, -0.15) is 13.2 Å². The predicted molar refractivity (Wildman–Crippen MR) is 141 cm³/mol. The van der Waals surface area contributed by atoms with E-state index in [2.05, 4.69) is 15.3 Å². The number of amides is 1. The lowest BCUT2D eigenvalue weighted by Crippen LogP contribution is -2.53. The van der Waals surface area contributed by atoms with Crippen LogP contribution in [0.2, 0.25) is 0 Å². The maximum atomic E-state index is 15.0. The Morgan fingerprint density at radius 2 is 1.84 bits per heavy atom. The first-order valence-electron chi connectivity index (χ1n) is 12.8. The first-order chi connectivity index (χ1) is 20.4. The number of carboxylic acids is 1. The number of alkyl halides is 3. The number of benzene rings is 1. The van der Waals surface area contributed by atoms with Gasteiger partial charge in [0.1, 0.15) is 40.6 Å². The fraction of sp³-hybridized carbons (Fsp3) is 0.296. The Hall–Kier alpha value is -4.86. The lowest BCUT2D eigenvalue weighted by molar-refractivity contribution is -0.167. The minimum absolute atomic E-state index is 0.101. The molecule has 226 valence electrons. The Morgan fingerprint density at radius 1 is 1.14 bits per heavy atom. The van der Waals surface area contributed by atoms with Gasteiger partial charge in [-0.1, -0.05) is 0 Å². The number of aromatic nitrogens is 4. The summed E-state index contributed by atoms with van der Waals surface area (Å²) in [6, 6.07) is 0.360. The highest BCUT2D eigenvalue weighted by Crippen LogP contribution is 2.32. The molecule has 1 fully saturated rings. The van der Waals surface area contributed by atoms with E-state index in [1.165, 1.54) is 45.9 Å². The van der Waals surface area contributed by atoms with E-state index in [1.807, 2.05) is 0 Å². The van der Waals surface area contributed by atoms with Gasteiger partial charge in [0.15, 0.2) is 0 Å². The van der Waals surface area contributed by atoms with E-state index in [0.29, 0.717) is 23.4 Å². The van der Waals surface area contributed by atoms with Crippen molar-refractivity contribution in [1.82, 2.24) is 24.3 Å². The number of aliphatic carboxylic acids is 1. The van der Waals surface area contributed by atoms with Crippen molar-refractivity contribution >= 4 is 23.2 Å². The molecule has 16 heteroatoms. The summed E-state index contributed by atoms with van der Waals surface area (Å²) in [7, 11) is 1.55. The average molecular weight is 607 g/mol. The highest BCUT2D eigenvalue weighted by atomic mass is 19.4. The number of morpholine rings is 1. The Morgan fingerprint density at radius 3 is 2.51 bits per heavy atom. The molecule has 1 amide bonds. The zero-order valence-corrected chi connectivity index (χ0v) is 22.3. The topological polar surface area (TPSA) is 131 Å². The van der Waals surface area contributed by atoms with E-state index in [9.17, 15) is 32.7 Å². The smallest absolute Gasteiger partial charge is 0.411 e. The van der Waals surface area contributed by atoms with Gasteiger partial charge in [-0.05, 0) is 24.3 Å². The number of pyridine rings is 1. The number of rotatable bonds is 7. The molecular formula is C27H23F5N6O5. The van der Waals surface area contributed by atoms with Crippen LogP contribution in [0.15, 0.2) is 53.8 Å². The first-order valence-corrected chi connectivity index (χ1v) is 12.8. The molecule has 1 unspecified atom stereocenters. The molecule has 2 atom stereocenters. The molecule has 1 saturated heterocycles. The second kappa shape index (κ2) is 11.4. The van der Waals surface area contributed by atoms with Crippen molar-refractivity contribution in [3.05, 3.63) is 82.3 Å². The third-order valence-corrected chi connectivity index (χ3v) is 7.01. The maximum Gasteiger partial charge on any atom is 0.411 e. The van der Waals surface area contributed by atoms with Crippen LogP contribution in [0.1, 0.15) is 16.1 Å². The number of nitrogens with zero attached hydrogens (tertiary/aromatic N) is 5. The molecule has 4 heterocycles. The molecule has 5 rings (SSSR count). The second-order valence-electron chi connectivity index (χ2n) is 9.73. The molecule has 0 radical (unpaired) electrons. The maximum absolute atomic E-state index is 15.0. The second-order valence-corrected chi connectivity index (χ2v) is 9.73. The molecule has 1 aliphatic rings. The van der Waals surface area contributed by atoms with Crippen molar-refractivity contribution in [3.63, 3.8) is 0 Å². The van der Waals surface area contributed by atoms with Crippen LogP contribution in [0.3, 0.4) is 0 Å². The Bertz CT molecular complexity index is 1750. The molecule has 43 heavy (non-hydrogen) atoms. The number of anilines is 1. The summed E-state index contributed by atoms with van der Waals surface area (Å²) < 4.78 is 78.1. The Labute approximate surface area is 239 Å². The van der Waals surface area contributed by atoms with E-state index in [-0.39, 0.29) is 30.9 Å². The Kier molecular flexibility index (Phi) is 7.88. The van der Waals surface area contributed by atoms with Gasteiger partial charge in [-0.3, -0.25) is 9.59 Å². The monoisotopic (exact) mass is 606 g/mol. The molecule has 11 nitrogen and oxygen atoms in total. The molecule has 3 aromatic heterocycles. The summed E-state index contributed by atoms with van der Waals surface area (Å²) >= 11 is 0. The van der Waals surface area contributed by atoms with Gasteiger partial charge < -0.3 is 29.0 Å². The van der Waals surface area contributed by atoms with E-state index >= 15 is 8.78 Å². The predicted octanol–water partition coefficient (Wildman–Crippen LogP) is 2.57. The normalized spacial score (nSPS) is 16.3. The van der Waals surface area contributed by atoms with E-state index in [4.69, 9.17) is 4.74 Å². The molecule has 0 aliphatic carbocycles. The molecule has 0 saturated carbocycles. The van der Waals surface area contributed by atoms with E-state index in [0.717, 1.165) is 4.90 Å². The number of nitrogens with one attached hydrogen (secondary N) is 1. The number of hydrogen-bond acceptors (Lipinski definition) is 7. The van der Waals surface area contributed by atoms with Crippen molar-refractivity contribution < 1.29 is 41.4 Å². The lowest BCUT2D eigenvalue weighted by atomic mass is 10.1. The van der Waals surface area contributed by atoms with Gasteiger partial charge in [0, 0.05) is 61.7 Å². The summed E-state index contributed by atoms with van der Waals surface area (Å²) in [5, 5.41) is 11.9.